The number of aliphatic hydroxyl groups excluding tert-OH is 1. The Labute approximate surface area is 71.0 Å². The fraction of sp³-hybridized carbons (Fsp3) is 0.375. The van der Waals surface area contributed by atoms with Crippen molar-refractivity contribution in [3.63, 3.8) is 0 Å². The average Bonchev–Trinajstić information content (AvgIpc) is 1.81. The third-order valence-corrected chi connectivity index (χ3v) is 1.21. The quantitative estimate of drug-likeness (QED) is 0.639. The van der Waals surface area contributed by atoms with Crippen LogP contribution in [0.3, 0.4) is 0 Å². The SMILES string of the molecule is CC(O)=Cc1nc(C)nc(C)n1. The van der Waals surface area contributed by atoms with Crippen LogP contribution in [0.1, 0.15) is 24.4 Å². The summed E-state index contributed by atoms with van der Waals surface area (Å²) in [5, 5.41) is 8.95. The molecule has 1 N–H and O–H groups in total. The summed E-state index contributed by atoms with van der Waals surface area (Å²) in [5.74, 6) is 2.02. The number of rotatable bonds is 1. The normalized spacial score (nSPS) is 11.8. The number of aromatic nitrogens is 3. The van der Waals surface area contributed by atoms with Gasteiger partial charge in [-0.25, -0.2) is 15.0 Å². The van der Waals surface area contributed by atoms with E-state index in [1.807, 2.05) is 0 Å². The molecule has 0 radical (unpaired) electrons. The van der Waals surface area contributed by atoms with E-state index in [1.165, 1.54) is 6.08 Å². The molecule has 0 unspecified atom stereocenters. The summed E-state index contributed by atoms with van der Waals surface area (Å²) in [6.07, 6.45) is 1.50. The Morgan fingerprint density at radius 2 is 1.67 bits per heavy atom. The summed E-state index contributed by atoms with van der Waals surface area (Å²) in [6, 6.07) is 0. The van der Waals surface area contributed by atoms with E-state index >= 15 is 0 Å². The molecule has 0 aliphatic rings. The second-order valence-electron chi connectivity index (χ2n) is 2.57. The lowest BCUT2D eigenvalue weighted by molar-refractivity contribution is 0.419. The molecule has 1 rings (SSSR count). The van der Waals surface area contributed by atoms with Crippen LogP contribution in [0.4, 0.5) is 0 Å². The van der Waals surface area contributed by atoms with Gasteiger partial charge in [-0.15, -0.1) is 0 Å². The first kappa shape index (κ1) is 8.64. The van der Waals surface area contributed by atoms with Crippen LogP contribution in [-0.2, 0) is 0 Å². The third kappa shape index (κ3) is 2.30. The monoisotopic (exact) mass is 165 g/mol. The summed E-state index contributed by atoms with van der Waals surface area (Å²) >= 11 is 0. The van der Waals surface area contributed by atoms with Crippen molar-refractivity contribution >= 4 is 6.08 Å². The topological polar surface area (TPSA) is 58.9 Å². The molecule has 0 aromatic carbocycles. The van der Waals surface area contributed by atoms with Crippen LogP contribution < -0.4 is 0 Å². The number of aryl methyl sites for hydroxylation is 2. The molecule has 1 aromatic rings. The van der Waals surface area contributed by atoms with Crippen molar-refractivity contribution in [3.8, 4) is 0 Å². The molecule has 0 fully saturated rings. The highest BCUT2D eigenvalue weighted by molar-refractivity contribution is 5.41. The largest absolute Gasteiger partial charge is 0.512 e. The Bertz CT molecular complexity index is 296. The molecule has 4 heteroatoms. The number of allylic oxidation sites excluding steroid dienone is 1. The van der Waals surface area contributed by atoms with E-state index < -0.39 is 0 Å². The van der Waals surface area contributed by atoms with Gasteiger partial charge in [0.15, 0.2) is 5.82 Å². The predicted molar refractivity (Wildman–Crippen MR) is 45.6 cm³/mol. The van der Waals surface area contributed by atoms with Crippen LogP contribution in [-0.4, -0.2) is 20.1 Å². The fourth-order valence-electron chi connectivity index (χ4n) is 0.892. The van der Waals surface area contributed by atoms with Crippen molar-refractivity contribution in [2.75, 3.05) is 0 Å². The molecule has 0 saturated carbocycles. The number of hydrogen-bond acceptors (Lipinski definition) is 4. The lowest BCUT2D eigenvalue weighted by Crippen LogP contribution is -1.98. The summed E-state index contributed by atoms with van der Waals surface area (Å²) in [4.78, 5) is 12.0. The van der Waals surface area contributed by atoms with E-state index in [9.17, 15) is 0 Å². The second kappa shape index (κ2) is 3.30. The van der Waals surface area contributed by atoms with Gasteiger partial charge in [-0.1, -0.05) is 0 Å². The van der Waals surface area contributed by atoms with Crippen LogP contribution in [0.5, 0.6) is 0 Å². The van der Waals surface area contributed by atoms with E-state index in [4.69, 9.17) is 5.11 Å². The molecule has 0 aliphatic heterocycles. The van der Waals surface area contributed by atoms with Gasteiger partial charge in [-0.3, -0.25) is 0 Å². The summed E-state index contributed by atoms with van der Waals surface area (Å²) < 4.78 is 0. The molecular weight excluding hydrogens is 154 g/mol. The molecule has 0 bridgehead atoms. The molecular formula is C8H11N3O. The van der Waals surface area contributed by atoms with E-state index in [0.29, 0.717) is 17.5 Å². The molecule has 0 aliphatic carbocycles. The minimum atomic E-state index is 0.194. The number of aliphatic hydroxyl groups is 1. The van der Waals surface area contributed by atoms with Crippen molar-refractivity contribution in [1.29, 1.82) is 0 Å². The standard InChI is InChI=1S/C8H11N3O/c1-5(12)4-8-10-6(2)9-7(3)11-8/h4,12H,1-3H3. The maximum absolute atomic E-state index is 8.95. The fourth-order valence-corrected chi connectivity index (χ4v) is 0.892. The molecule has 0 spiro atoms. The first-order valence-corrected chi connectivity index (χ1v) is 3.64. The highest BCUT2D eigenvalue weighted by Crippen LogP contribution is 1.99. The molecule has 12 heavy (non-hydrogen) atoms. The molecule has 4 nitrogen and oxygen atoms in total. The zero-order valence-corrected chi connectivity index (χ0v) is 7.37. The summed E-state index contributed by atoms with van der Waals surface area (Å²) in [6.45, 7) is 5.16. The van der Waals surface area contributed by atoms with E-state index in [1.54, 1.807) is 20.8 Å². The van der Waals surface area contributed by atoms with Crippen LogP contribution in [0, 0.1) is 13.8 Å². The van der Waals surface area contributed by atoms with Gasteiger partial charge >= 0.3 is 0 Å². The van der Waals surface area contributed by atoms with Gasteiger partial charge in [-0.05, 0) is 20.8 Å². The number of nitrogens with zero attached hydrogens (tertiary/aromatic N) is 3. The predicted octanol–water partition coefficient (Wildman–Crippen LogP) is 1.41. The van der Waals surface area contributed by atoms with Gasteiger partial charge in [0, 0.05) is 6.08 Å². The van der Waals surface area contributed by atoms with Gasteiger partial charge in [0.1, 0.15) is 11.6 Å². The minimum absolute atomic E-state index is 0.194. The Balaban J connectivity index is 3.09. The zero-order valence-electron chi connectivity index (χ0n) is 7.37. The van der Waals surface area contributed by atoms with Crippen molar-refractivity contribution in [2.24, 2.45) is 0 Å². The highest BCUT2D eigenvalue weighted by atomic mass is 16.3. The average molecular weight is 165 g/mol. The van der Waals surface area contributed by atoms with Crippen molar-refractivity contribution in [2.45, 2.75) is 20.8 Å². The smallest absolute Gasteiger partial charge is 0.159 e. The van der Waals surface area contributed by atoms with Gasteiger partial charge in [-0.2, -0.15) is 0 Å². The van der Waals surface area contributed by atoms with Crippen molar-refractivity contribution < 1.29 is 5.11 Å². The Morgan fingerprint density at radius 1 is 1.17 bits per heavy atom. The molecule has 64 valence electrons. The Hall–Kier alpha value is -1.45. The first-order valence-electron chi connectivity index (χ1n) is 3.64. The van der Waals surface area contributed by atoms with E-state index in [0.717, 1.165) is 0 Å². The molecule has 0 amide bonds. The Kier molecular flexibility index (Phi) is 2.38. The maximum Gasteiger partial charge on any atom is 0.159 e. The van der Waals surface area contributed by atoms with Crippen LogP contribution in [0.25, 0.3) is 6.08 Å². The second-order valence-corrected chi connectivity index (χ2v) is 2.57. The zero-order chi connectivity index (χ0) is 9.14. The van der Waals surface area contributed by atoms with Crippen LogP contribution in [0.2, 0.25) is 0 Å². The first-order chi connectivity index (χ1) is 5.58. The molecule has 0 atom stereocenters. The molecule has 1 heterocycles. The van der Waals surface area contributed by atoms with Crippen LogP contribution in [0.15, 0.2) is 5.76 Å². The van der Waals surface area contributed by atoms with Crippen molar-refractivity contribution in [3.05, 3.63) is 23.2 Å². The summed E-state index contributed by atoms with van der Waals surface area (Å²) in [7, 11) is 0. The van der Waals surface area contributed by atoms with Crippen molar-refractivity contribution in [1.82, 2.24) is 15.0 Å². The lowest BCUT2D eigenvalue weighted by atomic mass is 10.4. The molecule has 0 saturated heterocycles. The van der Waals surface area contributed by atoms with Gasteiger partial charge in [0.25, 0.3) is 0 Å². The van der Waals surface area contributed by atoms with E-state index in [-0.39, 0.29) is 5.76 Å². The van der Waals surface area contributed by atoms with Gasteiger partial charge in [0.2, 0.25) is 0 Å². The summed E-state index contributed by atoms with van der Waals surface area (Å²) in [5.41, 5.74) is 0. The van der Waals surface area contributed by atoms with E-state index in [2.05, 4.69) is 15.0 Å². The Morgan fingerprint density at radius 3 is 2.08 bits per heavy atom. The third-order valence-electron chi connectivity index (χ3n) is 1.21. The van der Waals surface area contributed by atoms with Gasteiger partial charge in [0.05, 0.1) is 5.76 Å². The number of hydrogen-bond donors (Lipinski definition) is 1. The lowest BCUT2D eigenvalue weighted by Gasteiger charge is -1.96. The van der Waals surface area contributed by atoms with Crippen LogP contribution >= 0.6 is 0 Å². The highest BCUT2D eigenvalue weighted by Gasteiger charge is 1.96. The minimum Gasteiger partial charge on any atom is -0.512 e. The van der Waals surface area contributed by atoms with Gasteiger partial charge < -0.3 is 5.11 Å². The maximum atomic E-state index is 8.95. The molecule has 1 aromatic heterocycles.